The van der Waals surface area contributed by atoms with Gasteiger partial charge < -0.3 is 4.90 Å². The monoisotopic (exact) mass is 298 g/mol. The van der Waals surface area contributed by atoms with Crippen LogP contribution in [0.15, 0.2) is 12.3 Å². The lowest BCUT2D eigenvalue weighted by Crippen LogP contribution is -2.44. The zero-order valence-corrected chi connectivity index (χ0v) is 13.0. The zero-order chi connectivity index (χ0) is 14.8. The molecule has 1 fully saturated rings. The van der Waals surface area contributed by atoms with Crippen LogP contribution in [0.1, 0.15) is 38.4 Å². The summed E-state index contributed by atoms with van der Waals surface area (Å²) in [6.07, 6.45) is 4.60. The number of hydrogen-bond acceptors (Lipinski definition) is 5. The van der Waals surface area contributed by atoms with E-state index in [0.717, 1.165) is 37.6 Å². The Balaban J connectivity index is 1.98. The van der Waals surface area contributed by atoms with Gasteiger partial charge in [-0.3, -0.25) is 0 Å². The summed E-state index contributed by atoms with van der Waals surface area (Å²) in [6, 6.07) is 1.95. The van der Waals surface area contributed by atoms with Crippen LogP contribution in [0.3, 0.4) is 0 Å². The fourth-order valence-electron chi connectivity index (χ4n) is 2.35. The molecule has 0 atom stereocenters. The van der Waals surface area contributed by atoms with Gasteiger partial charge in [-0.05, 0) is 18.9 Å². The van der Waals surface area contributed by atoms with Crippen LogP contribution in [0, 0.1) is 0 Å². The lowest BCUT2D eigenvalue weighted by atomic mass is 10.1. The van der Waals surface area contributed by atoms with Crippen LogP contribution in [0.5, 0.6) is 0 Å². The van der Waals surface area contributed by atoms with Crippen LogP contribution in [-0.4, -0.2) is 43.8 Å². The molecular weight excluding hydrogens is 276 g/mol. The normalized spacial score (nSPS) is 17.7. The van der Waals surface area contributed by atoms with Crippen LogP contribution in [0.4, 0.5) is 5.82 Å². The van der Waals surface area contributed by atoms with E-state index >= 15 is 0 Å². The molecule has 1 aliphatic heterocycles. The number of nitrogens with one attached hydrogen (secondary N) is 1. The highest BCUT2D eigenvalue weighted by Gasteiger charge is 2.22. The van der Waals surface area contributed by atoms with Gasteiger partial charge in [-0.15, -0.1) is 0 Å². The molecule has 1 aromatic rings. The third kappa shape index (κ3) is 4.14. The maximum absolute atomic E-state index is 11.2. The van der Waals surface area contributed by atoms with Crippen LogP contribution < -0.4 is 9.62 Å². The van der Waals surface area contributed by atoms with Crippen LogP contribution in [0.2, 0.25) is 0 Å². The van der Waals surface area contributed by atoms with Crippen LogP contribution >= 0.6 is 0 Å². The molecule has 20 heavy (non-hydrogen) atoms. The molecular formula is C13H22N4O2S. The van der Waals surface area contributed by atoms with Crippen LogP contribution in [-0.2, 0) is 10.0 Å². The van der Waals surface area contributed by atoms with Crippen molar-refractivity contribution in [2.45, 2.75) is 38.6 Å². The van der Waals surface area contributed by atoms with E-state index in [2.05, 4.69) is 33.4 Å². The summed E-state index contributed by atoms with van der Waals surface area (Å²) in [5.74, 6) is 2.08. The highest BCUT2D eigenvalue weighted by atomic mass is 32.2. The Bertz CT molecular complexity index is 551. The topological polar surface area (TPSA) is 75.2 Å². The fourth-order valence-corrected chi connectivity index (χ4v) is 3.19. The van der Waals surface area contributed by atoms with Gasteiger partial charge in [0.1, 0.15) is 11.6 Å². The molecule has 2 rings (SSSR count). The summed E-state index contributed by atoms with van der Waals surface area (Å²) in [5, 5.41) is 0. The number of sulfonamides is 1. The average Bonchev–Trinajstić information content (AvgIpc) is 2.38. The van der Waals surface area contributed by atoms with E-state index in [0.29, 0.717) is 5.92 Å². The van der Waals surface area contributed by atoms with Crippen molar-refractivity contribution in [3.05, 3.63) is 18.1 Å². The van der Waals surface area contributed by atoms with Gasteiger partial charge >= 0.3 is 0 Å². The average molecular weight is 298 g/mol. The van der Waals surface area contributed by atoms with E-state index < -0.39 is 10.0 Å². The predicted molar refractivity (Wildman–Crippen MR) is 79.3 cm³/mol. The molecule has 6 nitrogen and oxygen atoms in total. The molecule has 1 saturated heterocycles. The molecule has 0 spiro atoms. The summed E-state index contributed by atoms with van der Waals surface area (Å²) in [7, 11) is -3.12. The van der Waals surface area contributed by atoms with E-state index in [1.165, 1.54) is 6.26 Å². The van der Waals surface area contributed by atoms with Crippen molar-refractivity contribution in [2.75, 3.05) is 24.2 Å². The minimum absolute atomic E-state index is 0.0349. The molecule has 0 radical (unpaired) electrons. The van der Waals surface area contributed by atoms with Crippen molar-refractivity contribution < 1.29 is 8.42 Å². The second-order valence-corrected chi connectivity index (χ2v) is 7.36. The van der Waals surface area contributed by atoms with Gasteiger partial charge in [-0.2, -0.15) is 0 Å². The summed E-state index contributed by atoms with van der Waals surface area (Å²) in [4.78, 5) is 11.0. The maximum Gasteiger partial charge on any atom is 0.208 e. The Morgan fingerprint density at radius 1 is 1.35 bits per heavy atom. The number of piperidine rings is 1. The lowest BCUT2D eigenvalue weighted by molar-refractivity contribution is 0.459. The lowest BCUT2D eigenvalue weighted by Gasteiger charge is -2.32. The minimum atomic E-state index is -3.12. The van der Waals surface area contributed by atoms with Crippen molar-refractivity contribution in [2.24, 2.45) is 0 Å². The van der Waals surface area contributed by atoms with Crippen molar-refractivity contribution in [3.63, 3.8) is 0 Å². The first-order valence-corrected chi connectivity index (χ1v) is 8.79. The molecule has 0 bridgehead atoms. The molecule has 1 N–H and O–H groups in total. The molecule has 1 aliphatic rings. The Morgan fingerprint density at radius 2 is 2.00 bits per heavy atom. The largest absolute Gasteiger partial charge is 0.356 e. The minimum Gasteiger partial charge on any atom is -0.356 e. The second-order valence-electron chi connectivity index (χ2n) is 5.58. The van der Waals surface area contributed by atoms with Crippen LogP contribution in [0.25, 0.3) is 0 Å². The highest BCUT2D eigenvalue weighted by molar-refractivity contribution is 7.88. The van der Waals surface area contributed by atoms with E-state index in [1.807, 2.05) is 6.07 Å². The summed E-state index contributed by atoms with van der Waals surface area (Å²) >= 11 is 0. The summed E-state index contributed by atoms with van der Waals surface area (Å²) < 4.78 is 25.1. The van der Waals surface area contributed by atoms with Gasteiger partial charge in [0.15, 0.2) is 0 Å². The molecule has 112 valence electrons. The Morgan fingerprint density at radius 3 is 2.55 bits per heavy atom. The van der Waals surface area contributed by atoms with Gasteiger partial charge in [0.2, 0.25) is 10.0 Å². The molecule has 1 aromatic heterocycles. The molecule has 0 aliphatic carbocycles. The molecule has 2 heterocycles. The molecule has 0 aromatic carbocycles. The number of anilines is 1. The third-order valence-electron chi connectivity index (χ3n) is 3.38. The van der Waals surface area contributed by atoms with Crippen molar-refractivity contribution in [1.82, 2.24) is 14.7 Å². The second kappa shape index (κ2) is 6.05. The molecule has 0 amide bonds. The van der Waals surface area contributed by atoms with Gasteiger partial charge in [-0.25, -0.2) is 23.1 Å². The van der Waals surface area contributed by atoms with Crippen molar-refractivity contribution >= 4 is 15.8 Å². The number of hydrogen-bond donors (Lipinski definition) is 1. The quantitative estimate of drug-likeness (QED) is 0.901. The van der Waals surface area contributed by atoms with Gasteiger partial charge in [0.05, 0.1) is 6.26 Å². The highest BCUT2D eigenvalue weighted by Crippen LogP contribution is 2.19. The predicted octanol–water partition coefficient (Wildman–Crippen LogP) is 1.12. The van der Waals surface area contributed by atoms with E-state index in [9.17, 15) is 8.42 Å². The first-order valence-electron chi connectivity index (χ1n) is 6.90. The molecule has 7 heteroatoms. The number of aromatic nitrogens is 2. The Kier molecular flexibility index (Phi) is 4.59. The van der Waals surface area contributed by atoms with E-state index in [-0.39, 0.29) is 6.04 Å². The van der Waals surface area contributed by atoms with Gasteiger partial charge in [0, 0.05) is 31.2 Å². The number of rotatable bonds is 4. The molecule has 0 unspecified atom stereocenters. The smallest absolute Gasteiger partial charge is 0.208 e. The van der Waals surface area contributed by atoms with E-state index in [4.69, 9.17) is 0 Å². The van der Waals surface area contributed by atoms with Crippen molar-refractivity contribution in [3.8, 4) is 0 Å². The standard InChI is InChI=1S/C13H22N4O2S/c1-10(2)13-14-7-4-12(15-13)17-8-5-11(6-9-17)16-20(3,18)19/h4,7,10-11,16H,5-6,8-9H2,1-3H3. The fraction of sp³-hybridized carbons (Fsp3) is 0.692. The van der Waals surface area contributed by atoms with Crippen molar-refractivity contribution in [1.29, 1.82) is 0 Å². The maximum atomic E-state index is 11.2. The Hall–Kier alpha value is -1.21. The summed E-state index contributed by atoms with van der Waals surface area (Å²) in [6.45, 7) is 5.76. The zero-order valence-electron chi connectivity index (χ0n) is 12.2. The summed E-state index contributed by atoms with van der Waals surface area (Å²) in [5.41, 5.74) is 0. The first kappa shape index (κ1) is 15.2. The third-order valence-corrected chi connectivity index (χ3v) is 4.14. The van der Waals surface area contributed by atoms with E-state index in [1.54, 1.807) is 6.20 Å². The first-order chi connectivity index (χ1) is 9.35. The molecule has 0 saturated carbocycles. The Labute approximate surface area is 120 Å². The van der Waals surface area contributed by atoms with Gasteiger partial charge in [0.25, 0.3) is 0 Å². The SMILES string of the molecule is CC(C)c1nccc(N2CCC(NS(C)(=O)=O)CC2)n1. The number of nitrogens with zero attached hydrogens (tertiary/aromatic N) is 3. The van der Waals surface area contributed by atoms with Gasteiger partial charge in [-0.1, -0.05) is 13.8 Å².